The molecule has 0 spiro atoms. The summed E-state index contributed by atoms with van der Waals surface area (Å²) in [5, 5.41) is 3.20. The first-order chi connectivity index (χ1) is 10.2. The summed E-state index contributed by atoms with van der Waals surface area (Å²) in [6, 6.07) is 8.79. The third-order valence-electron chi connectivity index (χ3n) is 5.14. The normalized spacial score (nSPS) is 28.7. The van der Waals surface area contributed by atoms with Crippen LogP contribution in [0, 0.1) is 5.92 Å². The quantitative estimate of drug-likeness (QED) is 0.897. The first-order valence-corrected chi connectivity index (χ1v) is 8.35. The van der Waals surface area contributed by atoms with Crippen molar-refractivity contribution in [3.8, 4) is 0 Å². The predicted octanol–water partition coefficient (Wildman–Crippen LogP) is 2.74. The highest BCUT2D eigenvalue weighted by Crippen LogP contribution is 2.31. The fraction of sp³-hybridized carbons (Fsp3) is 0.611. The number of fused-ring (bicyclic) bond motifs is 1. The third kappa shape index (κ3) is 3.46. The molecule has 0 saturated heterocycles. The lowest BCUT2D eigenvalue weighted by Gasteiger charge is -2.28. The number of benzene rings is 1. The number of hydrogen-bond donors (Lipinski definition) is 2. The van der Waals surface area contributed by atoms with E-state index in [1.165, 1.54) is 11.1 Å². The van der Waals surface area contributed by atoms with Crippen LogP contribution >= 0.6 is 0 Å². The highest BCUT2D eigenvalue weighted by molar-refractivity contribution is 5.84. The van der Waals surface area contributed by atoms with Crippen molar-refractivity contribution in [2.45, 2.75) is 56.9 Å². The fourth-order valence-electron chi connectivity index (χ4n) is 3.79. The van der Waals surface area contributed by atoms with Gasteiger partial charge in [0.2, 0.25) is 5.91 Å². The second kappa shape index (κ2) is 6.61. The van der Waals surface area contributed by atoms with Crippen LogP contribution in [-0.4, -0.2) is 18.5 Å². The zero-order chi connectivity index (χ0) is 14.7. The number of carbonyl (C=O) groups is 1. The van der Waals surface area contributed by atoms with Crippen molar-refractivity contribution in [3.05, 3.63) is 35.4 Å². The highest BCUT2D eigenvalue weighted by Gasteiger charge is 2.27. The molecule has 21 heavy (non-hydrogen) atoms. The molecule has 0 heterocycles. The van der Waals surface area contributed by atoms with E-state index in [2.05, 4.69) is 23.5 Å². The number of rotatable bonds is 3. The van der Waals surface area contributed by atoms with E-state index in [4.69, 9.17) is 5.73 Å². The summed E-state index contributed by atoms with van der Waals surface area (Å²) in [6.07, 6.45) is 7.73. The minimum Gasteiger partial charge on any atom is -0.355 e. The average Bonchev–Trinajstić information content (AvgIpc) is 2.53. The van der Waals surface area contributed by atoms with Gasteiger partial charge in [-0.15, -0.1) is 0 Å². The molecular weight excluding hydrogens is 260 g/mol. The van der Waals surface area contributed by atoms with Crippen molar-refractivity contribution in [2.24, 2.45) is 11.7 Å². The van der Waals surface area contributed by atoms with E-state index in [1.807, 2.05) is 6.07 Å². The predicted molar refractivity (Wildman–Crippen MR) is 85.1 cm³/mol. The van der Waals surface area contributed by atoms with E-state index >= 15 is 0 Å². The van der Waals surface area contributed by atoms with Gasteiger partial charge in [-0.1, -0.05) is 24.3 Å². The summed E-state index contributed by atoms with van der Waals surface area (Å²) in [4.78, 5) is 12.5. The molecule has 2 aliphatic rings. The second-order valence-corrected chi connectivity index (χ2v) is 6.67. The van der Waals surface area contributed by atoms with Gasteiger partial charge in [0.05, 0.1) is 5.92 Å². The molecule has 0 radical (unpaired) electrons. The Balaban J connectivity index is 1.57. The van der Waals surface area contributed by atoms with Crippen molar-refractivity contribution in [1.82, 2.24) is 5.32 Å². The Morgan fingerprint density at radius 2 is 1.90 bits per heavy atom. The molecule has 1 aromatic carbocycles. The number of amides is 1. The SMILES string of the molecule is NC1CCC(CNC(=O)C2CCCc3ccccc32)CC1. The van der Waals surface area contributed by atoms with Gasteiger partial charge in [0, 0.05) is 12.6 Å². The van der Waals surface area contributed by atoms with Gasteiger partial charge < -0.3 is 11.1 Å². The van der Waals surface area contributed by atoms with Crippen molar-refractivity contribution in [1.29, 1.82) is 0 Å². The van der Waals surface area contributed by atoms with Crippen molar-refractivity contribution in [3.63, 3.8) is 0 Å². The molecule has 1 aromatic rings. The summed E-state index contributed by atoms with van der Waals surface area (Å²) >= 11 is 0. The summed E-state index contributed by atoms with van der Waals surface area (Å²) in [6.45, 7) is 0.824. The van der Waals surface area contributed by atoms with Gasteiger partial charge in [-0.3, -0.25) is 4.79 Å². The third-order valence-corrected chi connectivity index (χ3v) is 5.14. The Bertz CT molecular complexity index is 492. The smallest absolute Gasteiger partial charge is 0.227 e. The lowest BCUT2D eigenvalue weighted by molar-refractivity contribution is -0.123. The number of carbonyl (C=O) groups excluding carboxylic acids is 1. The van der Waals surface area contributed by atoms with Gasteiger partial charge in [0.15, 0.2) is 0 Å². The van der Waals surface area contributed by atoms with E-state index in [0.29, 0.717) is 12.0 Å². The first-order valence-electron chi connectivity index (χ1n) is 8.35. The van der Waals surface area contributed by atoms with Crippen molar-refractivity contribution in [2.75, 3.05) is 6.54 Å². The van der Waals surface area contributed by atoms with Gasteiger partial charge in [0.1, 0.15) is 0 Å². The van der Waals surface area contributed by atoms with Gasteiger partial charge in [-0.25, -0.2) is 0 Å². The fourth-order valence-corrected chi connectivity index (χ4v) is 3.79. The lowest BCUT2D eigenvalue weighted by atomic mass is 9.82. The standard InChI is InChI=1S/C18H26N2O/c19-15-10-8-13(9-11-15)12-20-18(21)17-7-3-5-14-4-1-2-6-16(14)17/h1-2,4,6,13,15,17H,3,5,7-12,19H2,(H,20,21). The maximum Gasteiger partial charge on any atom is 0.227 e. The molecule has 3 nitrogen and oxygen atoms in total. The van der Waals surface area contributed by atoms with Gasteiger partial charge in [0.25, 0.3) is 0 Å². The molecule has 0 aliphatic heterocycles. The Labute approximate surface area is 127 Å². The molecule has 1 saturated carbocycles. The van der Waals surface area contributed by atoms with E-state index in [0.717, 1.165) is 51.5 Å². The van der Waals surface area contributed by atoms with Crippen LogP contribution in [-0.2, 0) is 11.2 Å². The molecule has 114 valence electrons. The summed E-state index contributed by atoms with van der Waals surface area (Å²) in [5.41, 5.74) is 8.53. The minimum atomic E-state index is 0.0563. The monoisotopic (exact) mass is 286 g/mol. The molecule has 1 unspecified atom stereocenters. The number of nitrogens with two attached hydrogens (primary N) is 1. The molecule has 3 rings (SSSR count). The second-order valence-electron chi connectivity index (χ2n) is 6.67. The first kappa shape index (κ1) is 14.6. The summed E-state index contributed by atoms with van der Waals surface area (Å²) < 4.78 is 0. The molecule has 1 atom stereocenters. The molecular formula is C18H26N2O. The number of aryl methyl sites for hydroxylation is 1. The highest BCUT2D eigenvalue weighted by atomic mass is 16.1. The lowest BCUT2D eigenvalue weighted by Crippen LogP contribution is -2.37. The molecule has 2 aliphatic carbocycles. The Kier molecular flexibility index (Phi) is 4.59. The Hall–Kier alpha value is -1.35. The Morgan fingerprint density at radius 1 is 1.14 bits per heavy atom. The number of nitrogens with one attached hydrogen (secondary N) is 1. The van der Waals surface area contributed by atoms with E-state index < -0.39 is 0 Å². The largest absolute Gasteiger partial charge is 0.355 e. The molecule has 1 fully saturated rings. The number of hydrogen-bond acceptors (Lipinski definition) is 2. The molecule has 1 amide bonds. The zero-order valence-corrected chi connectivity index (χ0v) is 12.7. The molecule has 0 bridgehead atoms. The van der Waals surface area contributed by atoms with Crippen LogP contribution < -0.4 is 11.1 Å². The van der Waals surface area contributed by atoms with Crippen LogP contribution in [0.3, 0.4) is 0 Å². The van der Waals surface area contributed by atoms with Crippen molar-refractivity contribution < 1.29 is 4.79 Å². The summed E-state index contributed by atoms with van der Waals surface area (Å²) in [5.74, 6) is 0.894. The minimum absolute atomic E-state index is 0.0563. The maximum atomic E-state index is 12.5. The van der Waals surface area contributed by atoms with Gasteiger partial charge in [-0.2, -0.15) is 0 Å². The molecule has 3 N–H and O–H groups in total. The zero-order valence-electron chi connectivity index (χ0n) is 12.7. The maximum absolute atomic E-state index is 12.5. The van der Waals surface area contributed by atoms with Gasteiger partial charge in [-0.05, 0) is 62.0 Å². The van der Waals surface area contributed by atoms with Crippen LogP contribution in [0.15, 0.2) is 24.3 Å². The van der Waals surface area contributed by atoms with E-state index in [1.54, 1.807) is 0 Å². The van der Waals surface area contributed by atoms with Crippen LogP contribution in [0.4, 0.5) is 0 Å². The van der Waals surface area contributed by atoms with E-state index in [9.17, 15) is 4.79 Å². The molecule has 3 heteroatoms. The van der Waals surface area contributed by atoms with Crippen LogP contribution in [0.2, 0.25) is 0 Å². The van der Waals surface area contributed by atoms with Crippen LogP contribution in [0.1, 0.15) is 55.6 Å². The average molecular weight is 286 g/mol. The van der Waals surface area contributed by atoms with Crippen LogP contribution in [0.25, 0.3) is 0 Å². The topological polar surface area (TPSA) is 55.1 Å². The van der Waals surface area contributed by atoms with E-state index in [-0.39, 0.29) is 11.8 Å². The van der Waals surface area contributed by atoms with Crippen molar-refractivity contribution >= 4 is 5.91 Å². The Morgan fingerprint density at radius 3 is 2.71 bits per heavy atom. The van der Waals surface area contributed by atoms with Crippen LogP contribution in [0.5, 0.6) is 0 Å². The van der Waals surface area contributed by atoms with Gasteiger partial charge >= 0.3 is 0 Å². The summed E-state index contributed by atoms with van der Waals surface area (Å²) in [7, 11) is 0. The molecule has 0 aromatic heterocycles.